The van der Waals surface area contributed by atoms with Crippen molar-refractivity contribution in [1.29, 1.82) is 0 Å². The number of carboxylic acid groups (broad SMARTS) is 1. The van der Waals surface area contributed by atoms with Crippen molar-refractivity contribution < 1.29 is 23.9 Å². The van der Waals surface area contributed by atoms with E-state index in [9.17, 15) is 14.4 Å². The maximum absolute atomic E-state index is 15.4. The van der Waals surface area contributed by atoms with Crippen LogP contribution in [0.15, 0.2) is 12.1 Å². The SMILES string of the molecule is Cn1nc(N2CCC(=O)NC2=O)c2ccc(C3CCN(CC(=O)O)CC3)c(F)c21. The highest BCUT2D eigenvalue weighted by Crippen LogP contribution is 2.36. The van der Waals surface area contributed by atoms with Gasteiger partial charge in [0, 0.05) is 25.4 Å². The molecule has 9 nitrogen and oxygen atoms in total. The third-order valence-electron chi connectivity index (χ3n) is 5.65. The second-order valence-electron chi connectivity index (χ2n) is 7.51. The van der Waals surface area contributed by atoms with Gasteiger partial charge in [-0.3, -0.25) is 29.4 Å². The Morgan fingerprint density at radius 1 is 1.28 bits per heavy atom. The Morgan fingerprint density at radius 2 is 2.00 bits per heavy atom. The number of halogens is 1. The molecular formula is C19H22FN5O4. The highest BCUT2D eigenvalue weighted by atomic mass is 19.1. The topological polar surface area (TPSA) is 108 Å². The fourth-order valence-corrected chi connectivity index (χ4v) is 4.20. The number of hydrogen-bond acceptors (Lipinski definition) is 5. The van der Waals surface area contributed by atoms with Crippen molar-refractivity contribution in [1.82, 2.24) is 20.0 Å². The molecule has 0 aliphatic carbocycles. The molecule has 3 amide bonds. The summed E-state index contributed by atoms with van der Waals surface area (Å²) in [4.78, 5) is 37.6. The van der Waals surface area contributed by atoms with Gasteiger partial charge in [-0.2, -0.15) is 5.10 Å². The summed E-state index contributed by atoms with van der Waals surface area (Å²) < 4.78 is 16.8. The summed E-state index contributed by atoms with van der Waals surface area (Å²) in [5.74, 6) is -1.24. The molecule has 0 bridgehead atoms. The molecule has 2 N–H and O–H groups in total. The van der Waals surface area contributed by atoms with Crippen LogP contribution < -0.4 is 10.2 Å². The van der Waals surface area contributed by atoms with Crippen LogP contribution in [0.1, 0.15) is 30.7 Å². The minimum atomic E-state index is -0.859. The lowest BCUT2D eigenvalue weighted by Gasteiger charge is -2.31. The highest BCUT2D eigenvalue weighted by molar-refractivity contribution is 6.08. The molecule has 3 heterocycles. The summed E-state index contributed by atoms with van der Waals surface area (Å²) in [5.41, 5.74) is 0.899. The van der Waals surface area contributed by atoms with Crippen molar-refractivity contribution in [2.24, 2.45) is 7.05 Å². The Morgan fingerprint density at radius 3 is 2.66 bits per heavy atom. The van der Waals surface area contributed by atoms with Crippen LogP contribution in [0.3, 0.4) is 0 Å². The minimum absolute atomic E-state index is 0.000268. The minimum Gasteiger partial charge on any atom is -0.480 e. The van der Waals surface area contributed by atoms with E-state index in [1.54, 1.807) is 19.2 Å². The number of anilines is 1. The number of aliphatic carboxylic acids is 1. The van der Waals surface area contributed by atoms with E-state index in [2.05, 4.69) is 10.4 Å². The van der Waals surface area contributed by atoms with Crippen LogP contribution in [0.4, 0.5) is 15.0 Å². The number of fused-ring (bicyclic) bond motifs is 1. The standard InChI is InChI=1S/C19H22FN5O4/c1-23-17-13(18(22-23)25-9-6-14(26)21-19(25)29)3-2-12(16(17)20)11-4-7-24(8-5-11)10-15(27)28/h2-3,11H,4-10H2,1H3,(H,27,28)(H,21,26,29). The number of amides is 3. The number of benzene rings is 1. The highest BCUT2D eigenvalue weighted by Gasteiger charge is 2.30. The van der Waals surface area contributed by atoms with Crippen LogP contribution in [-0.4, -0.2) is 63.9 Å². The molecule has 2 saturated heterocycles. The van der Waals surface area contributed by atoms with E-state index < -0.39 is 12.0 Å². The maximum Gasteiger partial charge on any atom is 0.329 e. The molecule has 0 spiro atoms. The van der Waals surface area contributed by atoms with Crippen LogP contribution >= 0.6 is 0 Å². The number of carboxylic acids is 1. The fourth-order valence-electron chi connectivity index (χ4n) is 4.20. The number of aryl methyl sites for hydroxylation is 1. The van der Waals surface area contributed by atoms with Crippen molar-refractivity contribution in [3.8, 4) is 0 Å². The molecule has 4 rings (SSSR count). The lowest BCUT2D eigenvalue weighted by Crippen LogP contribution is -2.49. The first-order valence-electron chi connectivity index (χ1n) is 9.55. The lowest BCUT2D eigenvalue weighted by atomic mass is 9.88. The van der Waals surface area contributed by atoms with Gasteiger partial charge in [-0.05, 0) is 43.5 Å². The van der Waals surface area contributed by atoms with Crippen LogP contribution in [0.5, 0.6) is 0 Å². The van der Waals surface area contributed by atoms with E-state index in [1.807, 2.05) is 4.90 Å². The van der Waals surface area contributed by atoms with Gasteiger partial charge in [0.1, 0.15) is 5.52 Å². The first-order chi connectivity index (χ1) is 13.8. The summed E-state index contributed by atoms with van der Waals surface area (Å²) >= 11 is 0. The average molecular weight is 403 g/mol. The summed E-state index contributed by atoms with van der Waals surface area (Å²) in [7, 11) is 1.63. The van der Waals surface area contributed by atoms with Gasteiger partial charge < -0.3 is 5.11 Å². The Bertz CT molecular complexity index is 996. The largest absolute Gasteiger partial charge is 0.480 e. The number of piperidine rings is 1. The first kappa shape index (κ1) is 19.3. The Kier molecular flexibility index (Phi) is 4.95. The number of nitrogens with zero attached hydrogens (tertiary/aromatic N) is 4. The summed E-state index contributed by atoms with van der Waals surface area (Å²) in [6.07, 6.45) is 1.52. The van der Waals surface area contributed by atoms with Crippen molar-refractivity contribution in [2.45, 2.75) is 25.2 Å². The number of carbonyl (C=O) groups is 3. The lowest BCUT2D eigenvalue weighted by molar-refractivity contribution is -0.138. The predicted molar refractivity (Wildman–Crippen MR) is 102 cm³/mol. The molecule has 10 heteroatoms. The van der Waals surface area contributed by atoms with E-state index in [1.165, 1.54) is 9.58 Å². The van der Waals surface area contributed by atoms with Crippen molar-refractivity contribution in [2.75, 3.05) is 31.1 Å². The molecule has 29 heavy (non-hydrogen) atoms. The van der Waals surface area contributed by atoms with E-state index in [0.717, 1.165) is 0 Å². The van der Waals surface area contributed by atoms with Crippen molar-refractivity contribution in [3.63, 3.8) is 0 Å². The van der Waals surface area contributed by atoms with Crippen LogP contribution in [-0.2, 0) is 16.6 Å². The molecule has 2 aromatic rings. The van der Waals surface area contributed by atoms with Gasteiger partial charge in [0.2, 0.25) is 5.91 Å². The predicted octanol–water partition coefficient (Wildman–Crippen LogP) is 1.42. The number of imide groups is 1. The number of rotatable bonds is 4. The third-order valence-corrected chi connectivity index (χ3v) is 5.65. The fraction of sp³-hybridized carbons (Fsp3) is 0.474. The van der Waals surface area contributed by atoms with Gasteiger partial charge in [0.25, 0.3) is 0 Å². The smallest absolute Gasteiger partial charge is 0.329 e. The molecule has 0 saturated carbocycles. The van der Waals surface area contributed by atoms with Gasteiger partial charge in [0.15, 0.2) is 11.6 Å². The van der Waals surface area contributed by atoms with E-state index in [0.29, 0.717) is 48.2 Å². The van der Waals surface area contributed by atoms with E-state index in [4.69, 9.17) is 5.11 Å². The third kappa shape index (κ3) is 3.55. The molecule has 1 aromatic heterocycles. The molecular weight excluding hydrogens is 381 g/mol. The Balaban J connectivity index is 1.62. The number of likely N-dealkylation sites (tertiary alicyclic amines) is 1. The second kappa shape index (κ2) is 7.43. The molecule has 2 aliphatic rings. The van der Waals surface area contributed by atoms with Gasteiger partial charge in [-0.1, -0.05) is 6.07 Å². The van der Waals surface area contributed by atoms with Crippen LogP contribution in [0, 0.1) is 5.82 Å². The normalized spacial score (nSPS) is 19.0. The molecule has 2 aliphatic heterocycles. The number of nitrogens with one attached hydrogen (secondary N) is 1. The van der Waals surface area contributed by atoms with Gasteiger partial charge in [0.05, 0.1) is 6.54 Å². The van der Waals surface area contributed by atoms with Crippen molar-refractivity contribution in [3.05, 3.63) is 23.5 Å². The quantitative estimate of drug-likeness (QED) is 0.800. The zero-order chi connectivity index (χ0) is 20.7. The summed E-state index contributed by atoms with van der Waals surface area (Å²) in [5, 5.41) is 16.0. The maximum atomic E-state index is 15.4. The molecule has 1 aromatic carbocycles. The number of hydrogen-bond donors (Lipinski definition) is 2. The van der Waals surface area contributed by atoms with Crippen molar-refractivity contribution >= 4 is 34.6 Å². The van der Waals surface area contributed by atoms with Gasteiger partial charge in [-0.25, -0.2) is 9.18 Å². The number of carbonyl (C=O) groups excluding carboxylic acids is 2. The van der Waals surface area contributed by atoms with E-state index >= 15 is 4.39 Å². The molecule has 154 valence electrons. The zero-order valence-electron chi connectivity index (χ0n) is 16.0. The molecule has 2 fully saturated rings. The molecule has 0 radical (unpaired) electrons. The Hall–Kier alpha value is -3.01. The van der Waals surface area contributed by atoms with Crippen LogP contribution in [0.25, 0.3) is 10.9 Å². The number of aromatic nitrogens is 2. The van der Waals surface area contributed by atoms with Gasteiger partial charge in [-0.15, -0.1) is 0 Å². The molecule has 0 atom stereocenters. The van der Waals surface area contributed by atoms with Gasteiger partial charge >= 0.3 is 12.0 Å². The second-order valence-corrected chi connectivity index (χ2v) is 7.51. The monoisotopic (exact) mass is 403 g/mol. The Labute approximate surface area is 166 Å². The number of urea groups is 1. The molecule has 0 unspecified atom stereocenters. The van der Waals surface area contributed by atoms with E-state index in [-0.39, 0.29) is 37.2 Å². The summed E-state index contributed by atoms with van der Waals surface area (Å²) in [6.45, 7) is 1.40. The zero-order valence-corrected chi connectivity index (χ0v) is 16.0. The first-order valence-corrected chi connectivity index (χ1v) is 9.55. The summed E-state index contributed by atoms with van der Waals surface area (Å²) in [6, 6.07) is 2.94. The van der Waals surface area contributed by atoms with Crippen LogP contribution in [0.2, 0.25) is 0 Å². The average Bonchev–Trinajstić information content (AvgIpc) is 3.00.